The molecule has 0 spiro atoms. The molecule has 110 valence electrons. The number of nitrogens with two attached hydrogens (primary N) is 1. The molecule has 4 N–H and O–H groups in total. The Hall–Kier alpha value is -2.01. The Kier molecular flexibility index (Phi) is 3.99. The molecule has 1 aliphatic rings. The highest BCUT2D eigenvalue weighted by atomic mass is 32.2. The number of hydrogen-bond donors (Lipinski definition) is 3. The van der Waals surface area contributed by atoms with E-state index in [-0.39, 0.29) is 23.1 Å². The fourth-order valence-electron chi connectivity index (χ4n) is 2.09. The molecule has 1 unspecified atom stereocenters. The van der Waals surface area contributed by atoms with Gasteiger partial charge in [0.25, 0.3) is 0 Å². The van der Waals surface area contributed by atoms with Gasteiger partial charge in [0.1, 0.15) is 6.33 Å². The molecule has 0 amide bonds. The molecule has 1 aliphatic heterocycles. The maximum Gasteiger partial charge on any atom is 0.354 e. The summed E-state index contributed by atoms with van der Waals surface area (Å²) in [5, 5.41) is 13.8. The number of rotatable bonds is 4. The second-order valence-corrected chi connectivity index (χ2v) is 6.65. The number of aromatic nitrogens is 2. The van der Waals surface area contributed by atoms with Crippen molar-refractivity contribution in [1.29, 1.82) is 0 Å². The predicted octanol–water partition coefficient (Wildman–Crippen LogP) is -0.341. The predicted molar refractivity (Wildman–Crippen MR) is 71.8 cm³/mol. The monoisotopic (exact) mass is 302 g/mol. The van der Waals surface area contributed by atoms with E-state index < -0.39 is 26.5 Å². The van der Waals surface area contributed by atoms with Gasteiger partial charge in [-0.2, -0.15) is 0 Å². The van der Waals surface area contributed by atoms with E-state index in [0.29, 0.717) is 12.8 Å². The van der Waals surface area contributed by atoms with Crippen molar-refractivity contribution in [2.24, 2.45) is 5.84 Å². The molecule has 11 heteroatoms. The molecule has 0 aliphatic carbocycles. The van der Waals surface area contributed by atoms with Crippen LogP contribution in [-0.2, 0) is 9.84 Å². The van der Waals surface area contributed by atoms with Gasteiger partial charge in [-0.25, -0.2) is 24.2 Å². The first-order chi connectivity index (χ1) is 9.43. The molecule has 0 saturated carbocycles. The SMILES string of the molecule is NNc1ncnc(NC2CCCS(=O)(=O)C2)c1[N+](=O)[O-]. The number of hydrazine groups is 1. The Bertz CT molecular complexity index is 619. The lowest BCUT2D eigenvalue weighted by Crippen LogP contribution is -2.35. The third kappa shape index (κ3) is 3.11. The zero-order valence-electron chi connectivity index (χ0n) is 10.4. The van der Waals surface area contributed by atoms with Gasteiger partial charge in [0.15, 0.2) is 9.84 Å². The zero-order chi connectivity index (χ0) is 14.8. The number of nitro groups is 1. The fourth-order valence-corrected chi connectivity index (χ4v) is 3.73. The van der Waals surface area contributed by atoms with Gasteiger partial charge in [-0.3, -0.25) is 10.1 Å². The van der Waals surface area contributed by atoms with E-state index in [1.54, 1.807) is 0 Å². The molecular weight excluding hydrogens is 288 g/mol. The van der Waals surface area contributed by atoms with Crippen LogP contribution < -0.4 is 16.6 Å². The molecule has 10 nitrogen and oxygen atoms in total. The fraction of sp³-hybridized carbons (Fsp3) is 0.556. The van der Waals surface area contributed by atoms with Crippen LogP contribution in [0.25, 0.3) is 0 Å². The van der Waals surface area contributed by atoms with Gasteiger partial charge in [0.2, 0.25) is 11.6 Å². The Morgan fingerprint density at radius 3 is 2.70 bits per heavy atom. The van der Waals surface area contributed by atoms with Crippen LogP contribution in [0.1, 0.15) is 12.8 Å². The average molecular weight is 302 g/mol. The van der Waals surface area contributed by atoms with Crippen molar-refractivity contribution in [3.63, 3.8) is 0 Å². The summed E-state index contributed by atoms with van der Waals surface area (Å²) in [5.74, 6) is 5.07. The maximum atomic E-state index is 11.6. The number of hydrogen-bond acceptors (Lipinski definition) is 9. The third-order valence-electron chi connectivity index (χ3n) is 2.95. The summed E-state index contributed by atoms with van der Waals surface area (Å²) in [6.45, 7) is 0. The third-order valence-corrected chi connectivity index (χ3v) is 4.77. The smallest absolute Gasteiger partial charge is 0.354 e. The number of anilines is 2. The number of nitrogens with zero attached hydrogens (tertiary/aromatic N) is 3. The van der Waals surface area contributed by atoms with E-state index in [4.69, 9.17) is 5.84 Å². The Morgan fingerprint density at radius 2 is 2.10 bits per heavy atom. The normalized spacial score (nSPS) is 21.1. The lowest BCUT2D eigenvalue weighted by Gasteiger charge is -2.23. The van der Waals surface area contributed by atoms with Gasteiger partial charge in [-0.1, -0.05) is 0 Å². The number of nitrogen functional groups attached to an aromatic ring is 1. The first kappa shape index (κ1) is 14.4. The molecule has 2 rings (SSSR count). The summed E-state index contributed by atoms with van der Waals surface area (Å²) >= 11 is 0. The molecule has 1 atom stereocenters. The van der Waals surface area contributed by atoms with Crippen LogP contribution in [0.15, 0.2) is 6.33 Å². The summed E-state index contributed by atoms with van der Waals surface area (Å²) < 4.78 is 23.1. The highest BCUT2D eigenvalue weighted by Gasteiger charge is 2.29. The topological polar surface area (TPSA) is 153 Å². The Morgan fingerprint density at radius 1 is 1.40 bits per heavy atom. The van der Waals surface area contributed by atoms with Gasteiger partial charge in [0, 0.05) is 6.04 Å². The molecule has 1 aromatic rings. The van der Waals surface area contributed by atoms with Crippen LogP contribution in [0.3, 0.4) is 0 Å². The van der Waals surface area contributed by atoms with Crippen LogP contribution in [0.2, 0.25) is 0 Å². The molecule has 1 saturated heterocycles. The first-order valence-electron chi connectivity index (χ1n) is 5.86. The van der Waals surface area contributed by atoms with Gasteiger partial charge in [-0.05, 0) is 12.8 Å². The van der Waals surface area contributed by atoms with Crippen molar-refractivity contribution in [2.75, 3.05) is 22.2 Å². The molecular formula is C9H14N6O4S. The van der Waals surface area contributed by atoms with Crippen molar-refractivity contribution in [1.82, 2.24) is 9.97 Å². The summed E-state index contributed by atoms with van der Waals surface area (Å²) in [4.78, 5) is 17.8. The van der Waals surface area contributed by atoms with E-state index in [1.165, 1.54) is 0 Å². The highest BCUT2D eigenvalue weighted by Crippen LogP contribution is 2.29. The lowest BCUT2D eigenvalue weighted by molar-refractivity contribution is -0.383. The quantitative estimate of drug-likeness (QED) is 0.385. The standard InChI is InChI=1S/C9H14N6O4S/c10-14-9-7(15(16)17)8(11-5-12-9)13-6-2-1-3-20(18,19)4-6/h5-6H,1-4,10H2,(H2,11,12,13,14). The summed E-state index contributed by atoms with van der Waals surface area (Å²) in [6, 6.07) is -0.409. The lowest BCUT2D eigenvalue weighted by atomic mass is 10.2. The second-order valence-electron chi connectivity index (χ2n) is 4.42. The van der Waals surface area contributed by atoms with Crippen molar-refractivity contribution in [3.05, 3.63) is 16.4 Å². The van der Waals surface area contributed by atoms with Crippen molar-refractivity contribution < 1.29 is 13.3 Å². The number of sulfone groups is 1. The van der Waals surface area contributed by atoms with E-state index in [9.17, 15) is 18.5 Å². The van der Waals surface area contributed by atoms with Gasteiger partial charge in [-0.15, -0.1) is 0 Å². The second kappa shape index (κ2) is 5.54. The van der Waals surface area contributed by atoms with Crippen LogP contribution in [-0.4, -0.2) is 40.9 Å². The van der Waals surface area contributed by atoms with Crippen LogP contribution in [0.4, 0.5) is 17.3 Å². The van der Waals surface area contributed by atoms with Crippen molar-refractivity contribution >= 4 is 27.2 Å². The van der Waals surface area contributed by atoms with E-state index >= 15 is 0 Å². The number of nitrogens with one attached hydrogen (secondary N) is 2. The first-order valence-corrected chi connectivity index (χ1v) is 7.68. The summed E-state index contributed by atoms with van der Waals surface area (Å²) in [5.41, 5.74) is 1.72. The molecule has 0 radical (unpaired) electrons. The van der Waals surface area contributed by atoms with E-state index in [0.717, 1.165) is 6.33 Å². The molecule has 1 aromatic heterocycles. The Labute approximate surface area is 114 Å². The molecule has 1 fully saturated rings. The van der Waals surface area contributed by atoms with Crippen LogP contribution in [0.5, 0.6) is 0 Å². The minimum absolute atomic E-state index is 0.0416. The van der Waals surface area contributed by atoms with Crippen LogP contribution >= 0.6 is 0 Å². The van der Waals surface area contributed by atoms with Crippen LogP contribution in [0, 0.1) is 10.1 Å². The summed E-state index contributed by atoms with van der Waals surface area (Å²) in [7, 11) is -3.12. The van der Waals surface area contributed by atoms with Gasteiger partial charge < -0.3 is 10.7 Å². The summed E-state index contributed by atoms with van der Waals surface area (Å²) in [6.07, 6.45) is 2.23. The van der Waals surface area contributed by atoms with Gasteiger partial charge in [0.05, 0.1) is 16.4 Å². The minimum Gasteiger partial charge on any atom is -0.360 e. The van der Waals surface area contributed by atoms with Crippen molar-refractivity contribution in [3.8, 4) is 0 Å². The molecule has 20 heavy (non-hydrogen) atoms. The van der Waals surface area contributed by atoms with Crippen molar-refractivity contribution in [2.45, 2.75) is 18.9 Å². The van der Waals surface area contributed by atoms with E-state index in [1.807, 2.05) is 0 Å². The average Bonchev–Trinajstić information content (AvgIpc) is 2.36. The largest absolute Gasteiger partial charge is 0.360 e. The minimum atomic E-state index is -3.12. The molecule has 0 bridgehead atoms. The molecule has 0 aromatic carbocycles. The highest BCUT2D eigenvalue weighted by molar-refractivity contribution is 7.91. The molecule has 2 heterocycles. The zero-order valence-corrected chi connectivity index (χ0v) is 11.3. The maximum absolute atomic E-state index is 11.6. The van der Waals surface area contributed by atoms with Gasteiger partial charge >= 0.3 is 5.69 Å². The Balaban J connectivity index is 2.27. The van der Waals surface area contributed by atoms with E-state index in [2.05, 4.69) is 20.7 Å².